The number of rotatable bonds is 4. The largest absolute Gasteiger partial charge is 0.497 e. The number of nitrogens with zero attached hydrogens (tertiary/aromatic N) is 2. The average Bonchev–Trinajstić information content (AvgIpc) is 2.59. The van der Waals surface area contributed by atoms with Gasteiger partial charge in [0.15, 0.2) is 0 Å². The number of piperidine rings is 1. The lowest BCUT2D eigenvalue weighted by Gasteiger charge is -2.33. The van der Waals surface area contributed by atoms with E-state index in [1.807, 2.05) is 24.3 Å². The zero-order valence-corrected chi connectivity index (χ0v) is 14.0. The van der Waals surface area contributed by atoms with E-state index in [-0.39, 0.29) is 17.9 Å². The Kier molecular flexibility index (Phi) is 5.84. The molecule has 0 spiro atoms. The van der Waals surface area contributed by atoms with Crippen LogP contribution >= 0.6 is 0 Å². The van der Waals surface area contributed by atoms with Crippen molar-refractivity contribution in [3.63, 3.8) is 0 Å². The summed E-state index contributed by atoms with van der Waals surface area (Å²) in [5, 5.41) is 2.96. The van der Waals surface area contributed by atoms with Crippen LogP contribution in [0.3, 0.4) is 0 Å². The molecule has 1 fully saturated rings. The second-order valence-corrected chi connectivity index (χ2v) is 6.03. The number of amides is 3. The fourth-order valence-corrected chi connectivity index (χ4v) is 2.76. The number of hydrogen-bond donors (Lipinski definition) is 1. The molecule has 1 aromatic carbocycles. The highest BCUT2D eigenvalue weighted by molar-refractivity contribution is 5.80. The zero-order chi connectivity index (χ0) is 16.8. The number of benzene rings is 1. The number of carbonyl (C=O) groups is 2. The number of urea groups is 1. The van der Waals surface area contributed by atoms with Crippen molar-refractivity contribution in [2.75, 3.05) is 34.3 Å². The summed E-state index contributed by atoms with van der Waals surface area (Å²) in [5.41, 5.74) is 0.995. The normalized spacial score (nSPS) is 17.5. The highest BCUT2D eigenvalue weighted by Crippen LogP contribution is 2.18. The molecular weight excluding hydrogens is 294 g/mol. The maximum atomic E-state index is 12.4. The van der Waals surface area contributed by atoms with Crippen LogP contribution in [0.2, 0.25) is 0 Å². The molecule has 1 unspecified atom stereocenters. The Morgan fingerprint density at radius 1 is 1.39 bits per heavy atom. The van der Waals surface area contributed by atoms with Gasteiger partial charge in [0.05, 0.1) is 13.0 Å². The van der Waals surface area contributed by atoms with Gasteiger partial charge in [-0.15, -0.1) is 0 Å². The molecule has 6 heteroatoms. The first-order valence-corrected chi connectivity index (χ1v) is 7.88. The van der Waals surface area contributed by atoms with Crippen molar-refractivity contribution in [3.05, 3.63) is 29.8 Å². The molecule has 6 nitrogen and oxygen atoms in total. The van der Waals surface area contributed by atoms with Crippen LogP contribution in [-0.4, -0.2) is 56.0 Å². The van der Waals surface area contributed by atoms with E-state index in [1.54, 1.807) is 31.0 Å². The summed E-state index contributed by atoms with van der Waals surface area (Å²) >= 11 is 0. The maximum Gasteiger partial charge on any atom is 0.319 e. The van der Waals surface area contributed by atoms with Gasteiger partial charge in [-0.1, -0.05) is 12.1 Å². The SMILES string of the molecule is COc1cccc(CNC(=O)C2CCCN(C(=O)N(C)C)C2)c1. The Balaban J connectivity index is 1.88. The molecule has 1 heterocycles. The topological polar surface area (TPSA) is 61.9 Å². The van der Waals surface area contributed by atoms with E-state index in [0.717, 1.165) is 30.7 Å². The molecular formula is C17H25N3O3. The van der Waals surface area contributed by atoms with Gasteiger partial charge < -0.3 is 19.9 Å². The smallest absolute Gasteiger partial charge is 0.319 e. The van der Waals surface area contributed by atoms with Crippen molar-refractivity contribution in [2.45, 2.75) is 19.4 Å². The van der Waals surface area contributed by atoms with Crippen LogP contribution in [0, 0.1) is 5.92 Å². The van der Waals surface area contributed by atoms with E-state index in [0.29, 0.717) is 13.1 Å². The van der Waals surface area contributed by atoms with Gasteiger partial charge in [-0.05, 0) is 30.5 Å². The minimum Gasteiger partial charge on any atom is -0.497 e. The summed E-state index contributed by atoms with van der Waals surface area (Å²) in [6, 6.07) is 7.60. The van der Waals surface area contributed by atoms with Gasteiger partial charge in [-0.2, -0.15) is 0 Å². The molecule has 126 valence electrons. The first-order valence-electron chi connectivity index (χ1n) is 7.88. The number of ether oxygens (including phenoxy) is 1. The van der Waals surface area contributed by atoms with Crippen molar-refractivity contribution in [2.24, 2.45) is 5.92 Å². The summed E-state index contributed by atoms with van der Waals surface area (Å²) in [6.07, 6.45) is 1.68. The van der Waals surface area contributed by atoms with Crippen molar-refractivity contribution in [3.8, 4) is 5.75 Å². The van der Waals surface area contributed by atoms with Gasteiger partial charge in [0.1, 0.15) is 5.75 Å². The Morgan fingerprint density at radius 2 is 2.17 bits per heavy atom. The molecule has 0 aliphatic carbocycles. The monoisotopic (exact) mass is 319 g/mol. The Morgan fingerprint density at radius 3 is 2.87 bits per heavy atom. The fourth-order valence-electron chi connectivity index (χ4n) is 2.76. The molecule has 2 rings (SSSR count). The second kappa shape index (κ2) is 7.85. The van der Waals surface area contributed by atoms with Crippen molar-refractivity contribution >= 4 is 11.9 Å². The molecule has 1 aliphatic heterocycles. The average molecular weight is 319 g/mol. The Hall–Kier alpha value is -2.24. The lowest BCUT2D eigenvalue weighted by atomic mass is 9.97. The second-order valence-electron chi connectivity index (χ2n) is 6.03. The number of carbonyl (C=O) groups excluding carboxylic acids is 2. The fraction of sp³-hybridized carbons (Fsp3) is 0.529. The molecule has 1 aromatic rings. The number of nitrogens with one attached hydrogen (secondary N) is 1. The van der Waals surface area contributed by atoms with Crippen molar-refractivity contribution in [1.29, 1.82) is 0 Å². The number of likely N-dealkylation sites (tertiary alicyclic amines) is 1. The Labute approximate surface area is 137 Å². The lowest BCUT2D eigenvalue weighted by molar-refractivity contribution is -0.126. The third-order valence-corrected chi connectivity index (χ3v) is 4.05. The van der Waals surface area contributed by atoms with Gasteiger partial charge >= 0.3 is 6.03 Å². The molecule has 1 atom stereocenters. The predicted octanol–water partition coefficient (Wildman–Crippen LogP) is 1.70. The quantitative estimate of drug-likeness (QED) is 0.919. The van der Waals surface area contributed by atoms with E-state index < -0.39 is 0 Å². The van der Waals surface area contributed by atoms with Crippen LogP contribution in [0.15, 0.2) is 24.3 Å². The van der Waals surface area contributed by atoms with Crippen LogP contribution in [0.25, 0.3) is 0 Å². The van der Waals surface area contributed by atoms with Crippen LogP contribution in [0.5, 0.6) is 5.75 Å². The molecule has 3 amide bonds. The lowest BCUT2D eigenvalue weighted by Crippen LogP contribution is -2.48. The van der Waals surface area contributed by atoms with Gasteiger partial charge in [0.2, 0.25) is 5.91 Å². The third-order valence-electron chi connectivity index (χ3n) is 4.05. The van der Waals surface area contributed by atoms with Gasteiger partial charge in [0, 0.05) is 33.7 Å². The van der Waals surface area contributed by atoms with Crippen molar-refractivity contribution < 1.29 is 14.3 Å². The first kappa shape index (κ1) is 17.1. The van der Waals surface area contributed by atoms with Crippen LogP contribution in [0.4, 0.5) is 4.79 Å². The zero-order valence-electron chi connectivity index (χ0n) is 14.0. The molecule has 0 aromatic heterocycles. The number of methoxy groups -OCH3 is 1. The summed E-state index contributed by atoms with van der Waals surface area (Å²) < 4.78 is 5.18. The minimum atomic E-state index is -0.141. The van der Waals surface area contributed by atoms with E-state index in [9.17, 15) is 9.59 Å². The predicted molar refractivity (Wildman–Crippen MR) is 88.2 cm³/mol. The standard InChI is InChI=1S/C17H25N3O3/c1-19(2)17(22)20-9-5-7-14(12-20)16(21)18-11-13-6-4-8-15(10-13)23-3/h4,6,8,10,14H,5,7,9,11-12H2,1-3H3,(H,18,21). The Bertz CT molecular complexity index is 560. The van der Waals surface area contributed by atoms with Gasteiger partial charge in [-0.3, -0.25) is 4.79 Å². The van der Waals surface area contributed by atoms with E-state index in [2.05, 4.69) is 5.32 Å². The van der Waals surface area contributed by atoms with E-state index >= 15 is 0 Å². The molecule has 1 N–H and O–H groups in total. The van der Waals surface area contributed by atoms with Crippen LogP contribution in [0.1, 0.15) is 18.4 Å². The molecule has 1 saturated heterocycles. The molecule has 23 heavy (non-hydrogen) atoms. The summed E-state index contributed by atoms with van der Waals surface area (Å²) in [5.74, 6) is 0.638. The third kappa shape index (κ3) is 4.61. The van der Waals surface area contributed by atoms with Gasteiger partial charge in [0.25, 0.3) is 0 Å². The maximum absolute atomic E-state index is 12.4. The first-order chi connectivity index (χ1) is 11.0. The van der Waals surface area contributed by atoms with Crippen LogP contribution < -0.4 is 10.1 Å². The van der Waals surface area contributed by atoms with E-state index in [4.69, 9.17) is 4.74 Å². The number of hydrogen-bond acceptors (Lipinski definition) is 3. The summed E-state index contributed by atoms with van der Waals surface area (Å²) in [4.78, 5) is 27.7. The highest BCUT2D eigenvalue weighted by Gasteiger charge is 2.28. The molecule has 0 radical (unpaired) electrons. The summed E-state index contributed by atoms with van der Waals surface area (Å²) in [7, 11) is 5.08. The summed E-state index contributed by atoms with van der Waals surface area (Å²) in [6.45, 7) is 1.67. The molecule has 1 aliphatic rings. The minimum absolute atomic E-state index is 0.00377. The van der Waals surface area contributed by atoms with Crippen LogP contribution in [-0.2, 0) is 11.3 Å². The molecule has 0 bridgehead atoms. The van der Waals surface area contributed by atoms with Crippen molar-refractivity contribution in [1.82, 2.24) is 15.1 Å². The van der Waals surface area contributed by atoms with E-state index in [1.165, 1.54) is 0 Å². The molecule has 0 saturated carbocycles. The highest BCUT2D eigenvalue weighted by atomic mass is 16.5. The van der Waals surface area contributed by atoms with Gasteiger partial charge in [-0.25, -0.2) is 4.79 Å².